The summed E-state index contributed by atoms with van der Waals surface area (Å²) in [5.74, 6) is -1.09. The molecule has 0 aliphatic rings. The van der Waals surface area contributed by atoms with Gasteiger partial charge in [0.25, 0.3) is 0 Å². The van der Waals surface area contributed by atoms with E-state index in [0.717, 1.165) is 0 Å². The van der Waals surface area contributed by atoms with Gasteiger partial charge in [-0.2, -0.15) is 0 Å². The molecule has 7 heteroatoms. The van der Waals surface area contributed by atoms with Gasteiger partial charge in [0.05, 0.1) is 19.6 Å². The van der Waals surface area contributed by atoms with Crippen LogP contribution in [0.3, 0.4) is 0 Å². The molecule has 0 rings (SSSR count). The second kappa shape index (κ2) is 9.30. The number of hydrogen-bond acceptors (Lipinski definition) is 5. The lowest BCUT2D eigenvalue weighted by Gasteiger charge is -2.19. The van der Waals surface area contributed by atoms with Crippen molar-refractivity contribution in [1.82, 2.24) is 10.6 Å². The van der Waals surface area contributed by atoms with E-state index in [9.17, 15) is 14.4 Å². The minimum atomic E-state index is -0.561. The quantitative estimate of drug-likeness (QED) is 0.484. The van der Waals surface area contributed by atoms with E-state index in [0.29, 0.717) is 13.2 Å². The van der Waals surface area contributed by atoms with E-state index in [1.54, 1.807) is 20.8 Å². The Morgan fingerprint density at radius 2 is 1.65 bits per heavy atom. The molecule has 0 aromatic rings. The zero-order valence-electron chi connectivity index (χ0n) is 12.6. The van der Waals surface area contributed by atoms with Crippen LogP contribution in [0.1, 0.15) is 33.6 Å². The molecule has 0 saturated heterocycles. The van der Waals surface area contributed by atoms with Crippen molar-refractivity contribution >= 4 is 17.8 Å². The molecule has 0 aromatic carbocycles. The third kappa shape index (κ3) is 11.5. The number of carbonyl (C=O) groups is 3. The van der Waals surface area contributed by atoms with Crippen molar-refractivity contribution in [1.29, 1.82) is 0 Å². The Hall–Kier alpha value is -1.63. The molecule has 0 unspecified atom stereocenters. The van der Waals surface area contributed by atoms with Gasteiger partial charge in [0.2, 0.25) is 11.8 Å². The molecule has 0 aliphatic heterocycles. The van der Waals surface area contributed by atoms with Gasteiger partial charge in [0.1, 0.15) is 5.60 Å². The Bertz CT molecular complexity index is 336. The minimum absolute atomic E-state index is 0.000262. The predicted molar refractivity (Wildman–Crippen MR) is 73.0 cm³/mol. The summed E-state index contributed by atoms with van der Waals surface area (Å²) in [7, 11) is 1.53. The van der Waals surface area contributed by atoms with E-state index >= 15 is 0 Å². The Labute approximate surface area is 119 Å². The van der Waals surface area contributed by atoms with Gasteiger partial charge < -0.3 is 20.1 Å². The van der Waals surface area contributed by atoms with Crippen LogP contribution in [0.25, 0.3) is 0 Å². The van der Waals surface area contributed by atoms with Crippen molar-refractivity contribution in [2.45, 2.75) is 39.2 Å². The van der Waals surface area contributed by atoms with Crippen LogP contribution in [-0.2, 0) is 23.9 Å². The molecule has 0 aliphatic carbocycles. The van der Waals surface area contributed by atoms with Crippen LogP contribution in [0, 0.1) is 0 Å². The van der Waals surface area contributed by atoms with E-state index in [2.05, 4.69) is 10.6 Å². The van der Waals surface area contributed by atoms with Crippen LogP contribution in [0.4, 0.5) is 0 Å². The maximum atomic E-state index is 11.4. The molecule has 0 aromatic heterocycles. The van der Waals surface area contributed by atoms with Gasteiger partial charge in [-0.15, -0.1) is 0 Å². The minimum Gasteiger partial charge on any atom is -0.460 e. The van der Waals surface area contributed by atoms with Crippen LogP contribution < -0.4 is 10.6 Å². The van der Waals surface area contributed by atoms with Crippen molar-refractivity contribution in [3.8, 4) is 0 Å². The molecule has 0 fully saturated rings. The van der Waals surface area contributed by atoms with Crippen molar-refractivity contribution in [3.05, 3.63) is 0 Å². The van der Waals surface area contributed by atoms with Gasteiger partial charge in [0, 0.05) is 20.1 Å². The summed E-state index contributed by atoms with van der Waals surface area (Å²) in [6, 6.07) is 0. The molecule has 0 radical (unpaired) electrons. The monoisotopic (exact) mass is 288 g/mol. The van der Waals surface area contributed by atoms with E-state index in [1.807, 2.05) is 0 Å². The Morgan fingerprint density at radius 1 is 1.00 bits per heavy atom. The lowest BCUT2D eigenvalue weighted by molar-refractivity contribution is -0.155. The topological polar surface area (TPSA) is 93.7 Å². The van der Waals surface area contributed by atoms with Gasteiger partial charge in [-0.25, -0.2) is 0 Å². The smallest absolute Gasteiger partial charge is 0.306 e. The predicted octanol–water partition coefficient (Wildman–Crippen LogP) is -0.0129. The van der Waals surface area contributed by atoms with Crippen molar-refractivity contribution in [3.63, 3.8) is 0 Å². The molecule has 2 N–H and O–H groups in total. The van der Waals surface area contributed by atoms with Gasteiger partial charge >= 0.3 is 5.97 Å². The van der Waals surface area contributed by atoms with E-state index in [4.69, 9.17) is 9.47 Å². The van der Waals surface area contributed by atoms with Gasteiger partial charge in [-0.1, -0.05) is 0 Å². The third-order valence-corrected chi connectivity index (χ3v) is 2.05. The van der Waals surface area contributed by atoms with Crippen LogP contribution in [0.15, 0.2) is 0 Å². The molecular formula is C13H24N2O5. The van der Waals surface area contributed by atoms with Crippen LogP contribution >= 0.6 is 0 Å². The zero-order valence-corrected chi connectivity index (χ0v) is 12.6. The highest BCUT2D eigenvalue weighted by Gasteiger charge is 2.17. The van der Waals surface area contributed by atoms with E-state index < -0.39 is 11.6 Å². The number of amides is 2. The maximum absolute atomic E-state index is 11.4. The number of ether oxygens (including phenoxy) is 2. The number of rotatable bonds is 8. The first-order valence-electron chi connectivity index (χ1n) is 6.49. The summed E-state index contributed by atoms with van der Waals surface area (Å²) < 4.78 is 9.84. The number of methoxy groups -OCH3 is 1. The van der Waals surface area contributed by atoms with E-state index in [-0.39, 0.29) is 31.2 Å². The fourth-order valence-electron chi connectivity index (χ4n) is 1.23. The molecule has 0 saturated carbocycles. The van der Waals surface area contributed by atoms with Gasteiger partial charge in [-0.3, -0.25) is 14.4 Å². The Kier molecular flexibility index (Phi) is 8.54. The first kappa shape index (κ1) is 18.4. The molecule has 7 nitrogen and oxygen atoms in total. The second-order valence-electron chi connectivity index (χ2n) is 5.21. The Balaban J connectivity index is 3.73. The highest BCUT2D eigenvalue weighted by Crippen LogP contribution is 2.08. The maximum Gasteiger partial charge on any atom is 0.306 e. The van der Waals surface area contributed by atoms with Crippen LogP contribution in [0.2, 0.25) is 0 Å². The Morgan fingerprint density at radius 3 is 2.20 bits per heavy atom. The SMILES string of the molecule is COCCNC(=O)CNC(=O)CCC(=O)OC(C)(C)C. The van der Waals surface area contributed by atoms with E-state index in [1.165, 1.54) is 7.11 Å². The summed E-state index contributed by atoms with van der Waals surface area (Å²) >= 11 is 0. The van der Waals surface area contributed by atoms with Gasteiger partial charge in [0.15, 0.2) is 0 Å². The molecule has 116 valence electrons. The largest absolute Gasteiger partial charge is 0.460 e. The first-order chi connectivity index (χ1) is 9.24. The first-order valence-corrected chi connectivity index (χ1v) is 6.49. The average Bonchev–Trinajstić information content (AvgIpc) is 2.32. The van der Waals surface area contributed by atoms with Crippen LogP contribution in [0.5, 0.6) is 0 Å². The number of carbonyl (C=O) groups excluding carboxylic acids is 3. The van der Waals surface area contributed by atoms with Crippen molar-refractivity contribution in [2.75, 3.05) is 26.8 Å². The highest BCUT2D eigenvalue weighted by molar-refractivity contribution is 5.86. The molecule has 20 heavy (non-hydrogen) atoms. The normalized spacial score (nSPS) is 10.8. The lowest BCUT2D eigenvalue weighted by atomic mass is 10.2. The number of nitrogens with one attached hydrogen (secondary N) is 2. The molecular weight excluding hydrogens is 264 g/mol. The number of esters is 1. The summed E-state index contributed by atoms with van der Waals surface area (Å²) in [4.78, 5) is 34.1. The second-order valence-corrected chi connectivity index (χ2v) is 5.21. The van der Waals surface area contributed by atoms with Crippen molar-refractivity contribution < 1.29 is 23.9 Å². The molecule has 0 spiro atoms. The molecule has 0 heterocycles. The summed E-state index contributed by atoms with van der Waals surface area (Å²) in [6.07, 6.45) is -0.00530. The fourth-order valence-corrected chi connectivity index (χ4v) is 1.23. The lowest BCUT2D eigenvalue weighted by Crippen LogP contribution is -2.38. The van der Waals surface area contributed by atoms with Crippen molar-refractivity contribution in [2.24, 2.45) is 0 Å². The molecule has 0 bridgehead atoms. The fraction of sp³-hybridized carbons (Fsp3) is 0.769. The zero-order chi connectivity index (χ0) is 15.6. The van der Waals surface area contributed by atoms with Gasteiger partial charge in [-0.05, 0) is 20.8 Å². The third-order valence-electron chi connectivity index (χ3n) is 2.05. The summed E-state index contributed by atoms with van der Waals surface area (Å²) in [5.41, 5.74) is -0.561. The molecule has 0 atom stereocenters. The number of hydrogen-bond donors (Lipinski definition) is 2. The molecule has 2 amide bonds. The highest BCUT2D eigenvalue weighted by atomic mass is 16.6. The van der Waals surface area contributed by atoms with Crippen LogP contribution in [-0.4, -0.2) is 50.2 Å². The standard InChI is InChI=1S/C13H24N2O5/c1-13(2,3)20-12(18)6-5-10(16)15-9-11(17)14-7-8-19-4/h5-9H2,1-4H3,(H,14,17)(H,15,16). The summed E-state index contributed by atoms with van der Waals surface area (Å²) in [5, 5.41) is 4.99. The summed E-state index contributed by atoms with van der Waals surface area (Å²) in [6.45, 7) is 5.97. The average molecular weight is 288 g/mol.